The topological polar surface area (TPSA) is 106 Å². The molecule has 1 aromatic rings. The largest absolute Gasteiger partial charge is 0.379 e. The number of primary sulfonamides is 1. The fraction of sp³-hybridized carbons (Fsp3) is 0.400. The zero-order valence-corrected chi connectivity index (χ0v) is 12.1. The lowest BCUT2D eigenvalue weighted by Crippen LogP contribution is -2.25. The summed E-state index contributed by atoms with van der Waals surface area (Å²) in [7, 11) is -7.15. The van der Waals surface area contributed by atoms with Crippen LogP contribution in [0.15, 0.2) is 23.1 Å². The van der Waals surface area contributed by atoms with Crippen LogP contribution in [0.25, 0.3) is 0 Å². The quantitative estimate of drug-likeness (QED) is 0.814. The molecule has 0 aliphatic carbocycles. The van der Waals surface area contributed by atoms with E-state index in [-0.39, 0.29) is 16.3 Å². The number of sulfonamides is 1. The lowest BCUT2D eigenvalue weighted by atomic mass is 10.2. The van der Waals surface area contributed by atoms with Gasteiger partial charge in [-0.25, -0.2) is 26.4 Å². The van der Waals surface area contributed by atoms with Crippen molar-refractivity contribution in [2.24, 2.45) is 5.14 Å². The molecule has 0 aliphatic rings. The van der Waals surface area contributed by atoms with Gasteiger partial charge < -0.3 is 5.32 Å². The fourth-order valence-corrected chi connectivity index (χ4v) is 3.07. The van der Waals surface area contributed by atoms with Gasteiger partial charge >= 0.3 is 0 Å². The summed E-state index contributed by atoms with van der Waals surface area (Å²) in [6.45, 7) is 1.58. The van der Waals surface area contributed by atoms with Crippen LogP contribution in [-0.4, -0.2) is 34.9 Å². The Labute approximate surface area is 111 Å². The van der Waals surface area contributed by atoms with Crippen molar-refractivity contribution in [1.82, 2.24) is 0 Å². The van der Waals surface area contributed by atoms with E-state index >= 15 is 0 Å². The van der Waals surface area contributed by atoms with Gasteiger partial charge in [0.05, 0.1) is 16.3 Å². The number of halogens is 1. The number of hydrogen-bond donors (Lipinski definition) is 2. The minimum Gasteiger partial charge on any atom is -0.379 e. The molecule has 0 spiro atoms. The van der Waals surface area contributed by atoms with Crippen LogP contribution >= 0.6 is 0 Å². The van der Waals surface area contributed by atoms with Gasteiger partial charge in [-0.3, -0.25) is 0 Å². The summed E-state index contributed by atoms with van der Waals surface area (Å²) in [5.74, 6) is -0.976. The van der Waals surface area contributed by atoms with E-state index in [1.807, 2.05) is 0 Å². The van der Waals surface area contributed by atoms with E-state index in [0.29, 0.717) is 0 Å². The molecule has 0 heterocycles. The van der Waals surface area contributed by atoms with Gasteiger partial charge in [-0.05, 0) is 25.1 Å². The van der Waals surface area contributed by atoms with Crippen LogP contribution in [0.4, 0.5) is 10.1 Å². The van der Waals surface area contributed by atoms with Crippen molar-refractivity contribution in [1.29, 1.82) is 0 Å². The molecule has 19 heavy (non-hydrogen) atoms. The highest BCUT2D eigenvalue weighted by atomic mass is 32.2. The van der Waals surface area contributed by atoms with Gasteiger partial charge in [0.15, 0.2) is 0 Å². The average Bonchev–Trinajstić information content (AvgIpc) is 2.16. The van der Waals surface area contributed by atoms with Crippen molar-refractivity contribution in [3.8, 4) is 0 Å². The van der Waals surface area contributed by atoms with Crippen molar-refractivity contribution in [3.63, 3.8) is 0 Å². The molecule has 0 aromatic heterocycles. The maximum atomic E-state index is 13.6. The molecule has 108 valence electrons. The van der Waals surface area contributed by atoms with Gasteiger partial charge in [0.2, 0.25) is 10.0 Å². The number of sulfone groups is 1. The first-order valence-electron chi connectivity index (χ1n) is 5.25. The van der Waals surface area contributed by atoms with Crippen LogP contribution in [0.2, 0.25) is 0 Å². The van der Waals surface area contributed by atoms with Crippen LogP contribution in [0.5, 0.6) is 0 Å². The zero-order chi connectivity index (χ0) is 14.8. The third-order valence-corrected chi connectivity index (χ3v) is 4.24. The second kappa shape index (κ2) is 5.43. The highest BCUT2D eigenvalue weighted by molar-refractivity contribution is 7.90. The number of nitrogens with one attached hydrogen (secondary N) is 1. The highest BCUT2D eigenvalue weighted by Gasteiger charge is 2.15. The van der Waals surface area contributed by atoms with E-state index < -0.39 is 31.7 Å². The molecule has 1 unspecified atom stereocenters. The first kappa shape index (κ1) is 15.9. The van der Waals surface area contributed by atoms with Gasteiger partial charge in [-0.2, -0.15) is 0 Å². The van der Waals surface area contributed by atoms with Crippen molar-refractivity contribution in [2.45, 2.75) is 17.9 Å². The normalized spacial score (nSPS) is 14.1. The first-order chi connectivity index (χ1) is 8.49. The molecule has 0 fully saturated rings. The Bertz CT molecular complexity index is 671. The third-order valence-electron chi connectivity index (χ3n) is 2.22. The summed E-state index contributed by atoms with van der Waals surface area (Å²) in [6.07, 6.45) is 1.08. The molecular formula is C10H15FN2O4S2. The number of hydrogen-bond acceptors (Lipinski definition) is 5. The lowest BCUT2D eigenvalue weighted by molar-refractivity contribution is 0.592. The van der Waals surface area contributed by atoms with Crippen molar-refractivity contribution in [3.05, 3.63) is 24.0 Å². The monoisotopic (exact) mass is 310 g/mol. The SMILES string of the molecule is CC(CS(C)(=O)=O)Nc1ccc(S(N)(=O)=O)cc1F. The van der Waals surface area contributed by atoms with Crippen LogP contribution in [0.3, 0.4) is 0 Å². The Morgan fingerprint density at radius 2 is 1.89 bits per heavy atom. The molecule has 6 nitrogen and oxygen atoms in total. The minimum absolute atomic E-state index is 0.0172. The first-order valence-corrected chi connectivity index (χ1v) is 8.86. The maximum Gasteiger partial charge on any atom is 0.238 e. The number of rotatable bonds is 5. The fourth-order valence-electron chi connectivity index (χ4n) is 1.55. The Balaban J connectivity index is 2.93. The third kappa shape index (κ3) is 5.13. The van der Waals surface area contributed by atoms with Crippen molar-refractivity contribution < 1.29 is 21.2 Å². The minimum atomic E-state index is -3.96. The number of nitrogens with two attached hydrogens (primary N) is 1. The predicted octanol–water partition coefficient (Wildman–Crippen LogP) is 0.318. The number of anilines is 1. The van der Waals surface area contributed by atoms with E-state index in [4.69, 9.17) is 5.14 Å². The molecule has 9 heteroatoms. The molecule has 3 N–H and O–H groups in total. The molecule has 1 aromatic carbocycles. The molecule has 0 aliphatic heterocycles. The summed E-state index contributed by atoms with van der Waals surface area (Å²) in [4.78, 5) is -0.341. The Hall–Kier alpha value is -1.19. The van der Waals surface area contributed by atoms with Crippen LogP contribution in [0, 0.1) is 5.82 Å². The summed E-state index contributed by atoms with van der Waals surface area (Å²) >= 11 is 0. The van der Waals surface area contributed by atoms with Crippen LogP contribution in [-0.2, 0) is 19.9 Å². The molecular weight excluding hydrogens is 295 g/mol. The molecule has 0 saturated heterocycles. The smallest absolute Gasteiger partial charge is 0.238 e. The van der Waals surface area contributed by atoms with E-state index in [1.165, 1.54) is 6.07 Å². The molecule has 0 bridgehead atoms. The Morgan fingerprint density at radius 3 is 2.32 bits per heavy atom. The summed E-state index contributed by atoms with van der Waals surface area (Å²) in [5, 5.41) is 7.52. The van der Waals surface area contributed by atoms with E-state index in [2.05, 4.69) is 5.32 Å². The lowest BCUT2D eigenvalue weighted by Gasteiger charge is -2.15. The van der Waals surface area contributed by atoms with Crippen molar-refractivity contribution in [2.75, 3.05) is 17.3 Å². The zero-order valence-electron chi connectivity index (χ0n) is 10.4. The van der Waals surface area contributed by atoms with Crippen LogP contribution in [0.1, 0.15) is 6.92 Å². The van der Waals surface area contributed by atoms with Gasteiger partial charge in [0.1, 0.15) is 15.7 Å². The van der Waals surface area contributed by atoms with E-state index in [1.54, 1.807) is 6.92 Å². The number of benzene rings is 1. The van der Waals surface area contributed by atoms with Gasteiger partial charge in [0, 0.05) is 12.3 Å². The average molecular weight is 310 g/mol. The van der Waals surface area contributed by atoms with Crippen LogP contribution < -0.4 is 10.5 Å². The molecule has 1 rings (SSSR count). The maximum absolute atomic E-state index is 13.6. The second-order valence-corrected chi connectivity index (χ2v) is 8.07. The molecule has 1 atom stereocenters. The standard InChI is InChI=1S/C10H15FN2O4S2/c1-7(6-18(2,14)15)13-10-4-3-8(5-9(10)11)19(12,16)17/h3-5,7,13H,6H2,1-2H3,(H2,12,16,17). The molecule has 0 saturated carbocycles. The van der Waals surface area contributed by atoms with E-state index in [0.717, 1.165) is 18.4 Å². The summed E-state index contributed by atoms with van der Waals surface area (Å²) in [6, 6.07) is 2.62. The Kier molecular flexibility index (Phi) is 4.54. The Morgan fingerprint density at radius 1 is 1.32 bits per heavy atom. The highest BCUT2D eigenvalue weighted by Crippen LogP contribution is 2.19. The van der Waals surface area contributed by atoms with E-state index in [9.17, 15) is 21.2 Å². The summed E-state index contributed by atoms with van der Waals surface area (Å²) < 4.78 is 57.8. The predicted molar refractivity (Wildman–Crippen MR) is 70.6 cm³/mol. The molecule has 0 radical (unpaired) electrons. The van der Waals surface area contributed by atoms with Gasteiger partial charge in [-0.1, -0.05) is 0 Å². The molecule has 0 amide bonds. The van der Waals surface area contributed by atoms with Crippen molar-refractivity contribution >= 4 is 25.5 Å². The summed E-state index contributed by atoms with van der Waals surface area (Å²) in [5.41, 5.74) is 0.0172. The van der Waals surface area contributed by atoms with Gasteiger partial charge in [0.25, 0.3) is 0 Å². The second-order valence-electron chi connectivity index (χ2n) is 4.32. The van der Waals surface area contributed by atoms with Gasteiger partial charge in [-0.15, -0.1) is 0 Å².